The van der Waals surface area contributed by atoms with Crippen LogP contribution < -0.4 is 0 Å². The minimum absolute atomic E-state index is 0.184. The molecule has 0 saturated heterocycles. The van der Waals surface area contributed by atoms with Crippen LogP contribution in [0.25, 0.3) is 0 Å². The Labute approximate surface area is 143 Å². The predicted molar refractivity (Wildman–Crippen MR) is 96.3 cm³/mol. The van der Waals surface area contributed by atoms with Crippen LogP contribution >= 0.6 is 0 Å². The van der Waals surface area contributed by atoms with E-state index in [1.54, 1.807) is 6.92 Å². The standard InChI is InChI=1S/C21H38O2/c1-4-17-7-11-18(12-8-17)20(16(3)22)13-14-21(23)19-9-5-15(2)6-10-19/h15,17-21,23H,4-14H2,1-3H3. The molecule has 2 fully saturated rings. The van der Waals surface area contributed by atoms with Gasteiger partial charge < -0.3 is 5.11 Å². The van der Waals surface area contributed by atoms with Gasteiger partial charge in [-0.15, -0.1) is 0 Å². The second kappa shape index (κ2) is 9.20. The average Bonchev–Trinajstić information content (AvgIpc) is 2.55. The largest absolute Gasteiger partial charge is 0.393 e. The van der Waals surface area contributed by atoms with Crippen molar-refractivity contribution in [1.82, 2.24) is 0 Å². The lowest BCUT2D eigenvalue weighted by Gasteiger charge is -2.34. The summed E-state index contributed by atoms with van der Waals surface area (Å²) >= 11 is 0. The zero-order valence-corrected chi connectivity index (χ0v) is 15.6. The van der Waals surface area contributed by atoms with Crippen LogP contribution in [0.1, 0.15) is 91.4 Å². The molecule has 0 amide bonds. The SMILES string of the molecule is CCC1CCC(C(CCC(O)C2CCC(C)CC2)C(C)=O)CC1. The second-order valence-electron chi connectivity index (χ2n) is 8.57. The highest BCUT2D eigenvalue weighted by Crippen LogP contribution is 2.38. The molecule has 0 aliphatic heterocycles. The summed E-state index contributed by atoms with van der Waals surface area (Å²) in [6.45, 7) is 6.38. The monoisotopic (exact) mass is 322 g/mol. The normalized spacial score (nSPS) is 34.8. The van der Waals surface area contributed by atoms with Gasteiger partial charge in [0, 0.05) is 5.92 Å². The van der Waals surface area contributed by atoms with E-state index in [0.717, 1.165) is 24.7 Å². The molecule has 0 radical (unpaired) electrons. The fraction of sp³-hybridized carbons (Fsp3) is 0.952. The minimum atomic E-state index is -0.184. The molecule has 2 rings (SSSR count). The van der Waals surface area contributed by atoms with E-state index in [1.807, 2.05) is 0 Å². The summed E-state index contributed by atoms with van der Waals surface area (Å²) in [5.74, 6) is 3.33. The van der Waals surface area contributed by atoms with Crippen molar-refractivity contribution in [1.29, 1.82) is 0 Å². The third kappa shape index (κ3) is 5.59. The van der Waals surface area contributed by atoms with Gasteiger partial charge in [0.2, 0.25) is 0 Å². The summed E-state index contributed by atoms with van der Waals surface area (Å²) in [4.78, 5) is 12.1. The number of rotatable bonds is 7. The van der Waals surface area contributed by atoms with Gasteiger partial charge in [0.25, 0.3) is 0 Å². The Morgan fingerprint density at radius 1 is 0.957 bits per heavy atom. The first-order valence-corrected chi connectivity index (χ1v) is 10.2. The van der Waals surface area contributed by atoms with Gasteiger partial charge in [-0.25, -0.2) is 0 Å². The van der Waals surface area contributed by atoms with Crippen molar-refractivity contribution in [3.05, 3.63) is 0 Å². The maximum absolute atomic E-state index is 12.1. The predicted octanol–water partition coefficient (Wildman–Crippen LogP) is 5.38. The Kier molecular flexibility index (Phi) is 7.59. The molecule has 1 N–H and O–H groups in total. The Morgan fingerprint density at radius 2 is 1.52 bits per heavy atom. The van der Waals surface area contributed by atoms with Gasteiger partial charge in [-0.1, -0.05) is 46.0 Å². The number of Topliss-reactive ketones (excluding diaryl/α,β-unsaturated/α-hetero) is 1. The molecule has 2 nitrogen and oxygen atoms in total. The number of hydrogen-bond donors (Lipinski definition) is 1. The van der Waals surface area contributed by atoms with Crippen molar-refractivity contribution >= 4 is 5.78 Å². The molecule has 2 aliphatic rings. The Balaban J connectivity index is 1.79. The van der Waals surface area contributed by atoms with E-state index in [2.05, 4.69) is 13.8 Å². The van der Waals surface area contributed by atoms with Gasteiger partial charge in [0.05, 0.1) is 6.10 Å². The molecule has 2 aliphatic carbocycles. The smallest absolute Gasteiger partial charge is 0.133 e. The zero-order chi connectivity index (χ0) is 16.8. The van der Waals surface area contributed by atoms with E-state index in [9.17, 15) is 9.90 Å². The van der Waals surface area contributed by atoms with E-state index in [4.69, 9.17) is 0 Å². The molecule has 0 bridgehead atoms. The highest BCUT2D eigenvalue weighted by molar-refractivity contribution is 5.78. The first-order valence-electron chi connectivity index (χ1n) is 10.2. The molecule has 2 unspecified atom stereocenters. The topological polar surface area (TPSA) is 37.3 Å². The summed E-state index contributed by atoms with van der Waals surface area (Å²) < 4.78 is 0. The molecular weight excluding hydrogens is 284 g/mol. The maximum Gasteiger partial charge on any atom is 0.133 e. The number of ketones is 1. The number of hydrogen-bond acceptors (Lipinski definition) is 2. The van der Waals surface area contributed by atoms with Crippen LogP contribution in [0.5, 0.6) is 0 Å². The van der Waals surface area contributed by atoms with Gasteiger partial charge in [-0.3, -0.25) is 4.79 Å². The Hall–Kier alpha value is -0.370. The molecule has 23 heavy (non-hydrogen) atoms. The van der Waals surface area contributed by atoms with Gasteiger partial charge in [-0.2, -0.15) is 0 Å². The highest BCUT2D eigenvalue weighted by Gasteiger charge is 2.31. The molecule has 2 atom stereocenters. The number of aliphatic hydroxyl groups is 1. The van der Waals surface area contributed by atoms with Crippen LogP contribution in [0.15, 0.2) is 0 Å². The molecule has 134 valence electrons. The summed E-state index contributed by atoms with van der Waals surface area (Å²) in [5, 5.41) is 10.6. The molecule has 2 heteroatoms. The van der Waals surface area contributed by atoms with Crippen LogP contribution in [0, 0.1) is 29.6 Å². The maximum atomic E-state index is 12.1. The average molecular weight is 323 g/mol. The number of carbonyl (C=O) groups excluding carboxylic acids is 1. The van der Waals surface area contributed by atoms with Gasteiger partial charge in [-0.05, 0) is 69.1 Å². The fourth-order valence-corrected chi connectivity index (χ4v) is 5.03. The van der Waals surface area contributed by atoms with E-state index in [-0.39, 0.29) is 12.0 Å². The third-order valence-electron chi connectivity index (χ3n) is 6.94. The lowest BCUT2D eigenvalue weighted by atomic mass is 9.71. The molecule has 0 aromatic carbocycles. The summed E-state index contributed by atoms with van der Waals surface area (Å²) in [5.41, 5.74) is 0. The lowest BCUT2D eigenvalue weighted by molar-refractivity contribution is -0.123. The van der Waals surface area contributed by atoms with Crippen LogP contribution in [-0.4, -0.2) is 17.0 Å². The van der Waals surface area contributed by atoms with Crippen LogP contribution in [0.4, 0.5) is 0 Å². The van der Waals surface area contributed by atoms with Crippen molar-refractivity contribution in [3.63, 3.8) is 0 Å². The number of carbonyl (C=O) groups is 1. The van der Waals surface area contributed by atoms with Crippen molar-refractivity contribution in [2.45, 2.75) is 97.5 Å². The molecule has 0 aromatic heterocycles. The first kappa shape index (κ1) is 19.0. The van der Waals surface area contributed by atoms with Gasteiger partial charge >= 0.3 is 0 Å². The molecule has 0 heterocycles. The summed E-state index contributed by atoms with van der Waals surface area (Å²) in [7, 11) is 0. The number of aliphatic hydroxyl groups excluding tert-OH is 1. The van der Waals surface area contributed by atoms with E-state index in [0.29, 0.717) is 17.6 Å². The zero-order valence-electron chi connectivity index (χ0n) is 15.6. The van der Waals surface area contributed by atoms with E-state index >= 15 is 0 Å². The molecule has 0 spiro atoms. The van der Waals surface area contributed by atoms with E-state index < -0.39 is 0 Å². The van der Waals surface area contributed by atoms with Crippen LogP contribution in [0.2, 0.25) is 0 Å². The quantitative estimate of drug-likeness (QED) is 0.683. The fourth-order valence-electron chi connectivity index (χ4n) is 5.03. The Bertz CT molecular complexity index is 349. The van der Waals surface area contributed by atoms with Crippen LogP contribution in [0.3, 0.4) is 0 Å². The van der Waals surface area contributed by atoms with Crippen molar-refractivity contribution in [3.8, 4) is 0 Å². The second-order valence-corrected chi connectivity index (χ2v) is 8.57. The van der Waals surface area contributed by atoms with Gasteiger partial charge in [0.1, 0.15) is 5.78 Å². The third-order valence-corrected chi connectivity index (χ3v) is 6.94. The minimum Gasteiger partial charge on any atom is -0.393 e. The Morgan fingerprint density at radius 3 is 2.04 bits per heavy atom. The first-order chi connectivity index (χ1) is 11.0. The van der Waals surface area contributed by atoms with Crippen molar-refractivity contribution < 1.29 is 9.90 Å². The lowest BCUT2D eigenvalue weighted by Crippen LogP contribution is -2.30. The van der Waals surface area contributed by atoms with Crippen molar-refractivity contribution in [2.24, 2.45) is 29.6 Å². The van der Waals surface area contributed by atoms with E-state index in [1.165, 1.54) is 57.8 Å². The molecule has 0 aromatic rings. The highest BCUT2D eigenvalue weighted by atomic mass is 16.3. The molecule has 2 saturated carbocycles. The van der Waals surface area contributed by atoms with Crippen molar-refractivity contribution in [2.75, 3.05) is 0 Å². The molecular formula is C21H38O2. The van der Waals surface area contributed by atoms with Gasteiger partial charge in [0.15, 0.2) is 0 Å². The summed E-state index contributed by atoms with van der Waals surface area (Å²) in [6, 6.07) is 0. The van der Waals surface area contributed by atoms with Crippen LogP contribution in [-0.2, 0) is 4.79 Å². The summed E-state index contributed by atoms with van der Waals surface area (Å²) in [6.07, 6.45) is 12.8.